The quantitative estimate of drug-likeness (QED) is 0.648. The average Bonchev–Trinajstić information content (AvgIpc) is 2.14. The minimum Gasteiger partial charge on any atom is -0.443 e. The van der Waals surface area contributed by atoms with Crippen LogP contribution in [0.3, 0.4) is 0 Å². The number of hydrogen-bond donors (Lipinski definition) is 0. The van der Waals surface area contributed by atoms with Gasteiger partial charge < -0.3 is 4.74 Å². The highest BCUT2D eigenvalue weighted by Crippen LogP contribution is 2.28. The molecule has 0 aromatic rings. The van der Waals surface area contributed by atoms with E-state index in [1.54, 1.807) is 34.6 Å². The van der Waals surface area contributed by atoms with Gasteiger partial charge in [0.2, 0.25) is 0 Å². The van der Waals surface area contributed by atoms with E-state index in [2.05, 4.69) is 0 Å². The first-order valence-electron chi connectivity index (χ1n) is 4.89. The van der Waals surface area contributed by atoms with Crippen molar-refractivity contribution in [2.75, 3.05) is 6.54 Å². The zero-order valence-corrected chi connectivity index (χ0v) is 10.9. The molecule has 1 amide bonds. The molecule has 0 aliphatic carbocycles. The van der Waals surface area contributed by atoms with Gasteiger partial charge >= 0.3 is 16.4 Å². The van der Waals surface area contributed by atoms with Gasteiger partial charge in [0.05, 0.1) is 6.54 Å². The zero-order valence-electron chi connectivity index (χ0n) is 10.1. The van der Waals surface area contributed by atoms with Crippen LogP contribution in [0.25, 0.3) is 0 Å². The summed E-state index contributed by atoms with van der Waals surface area (Å²) in [5.74, 6) is 0. The second kappa shape index (κ2) is 3.59. The van der Waals surface area contributed by atoms with Gasteiger partial charge in [0.25, 0.3) is 0 Å². The molecule has 94 valence electrons. The van der Waals surface area contributed by atoms with E-state index in [0.717, 1.165) is 0 Å². The topological polar surface area (TPSA) is 72.9 Å². The van der Waals surface area contributed by atoms with Crippen LogP contribution in [0.15, 0.2) is 0 Å². The zero-order chi connectivity index (χ0) is 12.8. The Labute approximate surface area is 95.8 Å². The van der Waals surface area contributed by atoms with Crippen LogP contribution in [0.2, 0.25) is 0 Å². The first-order chi connectivity index (χ1) is 6.93. The van der Waals surface area contributed by atoms with Gasteiger partial charge in [0.15, 0.2) is 0 Å². The maximum atomic E-state index is 11.6. The van der Waals surface area contributed by atoms with Crippen molar-refractivity contribution in [3.8, 4) is 0 Å². The van der Waals surface area contributed by atoms with E-state index in [0.29, 0.717) is 4.31 Å². The van der Waals surface area contributed by atoms with Crippen molar-refractivity contribution < 1.29 is 22.1 Å². The normalized spacial score (nSPS) is 23.2. The van der Waals surface area contributed by atoms with Crippen LogP contribution in [0.4, 0.5) is 4.79 Å². The first-order valence-corrected chi connectivity index (χ1v) is 6.26. The molecule has 1 aliphatic heterocycles. The molecular formula is C9H17NO5S. The lowest BCUT2D eigenvalue weighted by Crippen LogP contribution is -2.38. The SMILES string of the molecule is CC(C)(C)OC(=O)N1CC(C)(C)OS1(=O)=O. The third-order valence-corrected chi connectivity index (χ3v) is 3.20. The van der Waals surface area contributed by atoms with Crippen molar-refractivity contribution in [1.82, 2.24) is 4.31 Å². The Hall–Kier alpha value is -0.820. The van der Waals surface area contributed by atoms with E-state index < -0.39 is 27.6 Å². The predicted molar refractivity (Wildman–Crippen MR) is 57.0 cm³/mol. The molecule has 1 aliphatic rings. The molecule has 0 aromatic heterocycles. The highest BCUT2D eigenvalue weighted by atomic mass is 32.2. The summed E-state index contributed by atoms with van der Waals surface area (Å²) in [7, 11) is -4.01. The van der Waals surface area contributed by atoms with E-state index in [1.165, 1.54) is 0 Å². The van der Waals surface area contributed by atoms with Gasteiger partial charge in [-0.1, -0.05) is 0 Å². The van der Waals surface area contributed by atoms with Gasteiger partial charge in [-0.2, -0.15) is 12.7 Å². The Balaban J connectivity index is 2.87. The van der Waals surface area contributed by atoms with Gasteiger partial charge in [-0.15, -0.1) is 0 Å². The molecular weight excluding hydrogens is 234 g/mol. The Morgan fingerprint density at radius 2 is 1.88 bits per heavy atom. The molecule has 0 spiro atoms. The van der Waals surface area contributed by atoms with Crippen LogP contribution in [-0.4, -0.2) is 36.6 Å². The molecule has 7 heteroatoms. The fourth-order valence-electron chi connectivity index (χ4n) is 1.25. The van der Waals surface area contributed by atoms with Crippen LogP contribution in [0.5, 0.6) is 0 Å². The highest BCUT2D eigenvalue weighted by molar-refractivity contribution is 7.85. The smallest absolute Gasteiger partial charge is 0.425 e. The molecule has 0 aromatic carbocycles. The molecule has 0 atom stereocenters. The summed E-state index contributed by atoms with van der Waals surface area (Å²) < 4.78 is 33.4. The molecule has 1 heterocycles. The maximum Gasteiger partial charge on any atom is 0.425 e. The molecule has 0 bridgehead atoms. The molecule has 0 N–H and O–H groups in total. The molecule has 0 radical (unpaired) electrons. The molecule has 0 saturated carbocycles. The lowest BCUT2D eigenvalue weighted by Gasteiger charge is -2.22. The van der Waals surface area contributed by atoms with E-state index in [4.69, 9.17) is 8.92 Å². The minimum atomic E-state index is -4.01. The maximum absolute atomic E-state index is 11.6. The van der Waals surface area contributed by atoms with Gasteiger partial charge in [-0.05, 0) is 34.6 Å². The number of rotatable bonds is 0. The number of ether oxygens (including phenoxy) is 1. The van der Waals surface area contributed by atoms with Crippen molar-refractivity contribution >= 4 is 16.4 Å². The van der Waals surface area contributed by atoms with Gasteiger partial charge in [0.1, 0.15) is 11.2 Å². The largest absolute Gasteiger partial charge is 0.443 e. The van der Waals surface area contributed by atoms with Crippen LogP contribution >= 0.6 is 0 Å². The summed E-state index contributed by atoms with van der Waals surface area (Å²) in [5, 5.41) is 0. The number of carbonyl (C=O) groups excluding carboxylic acids is 1. The summed E-state index contributed by atoms with van der Waals surface area (Å²) in [4.78, 5) is 11.6. The summed E-state index contributed by atoms with van der Waals surface area (Å²) in [5.41, 5.74) is -1.64. The van der Waals surface area contributed by atoms with Gasteiger partial charge in [0, 0.05) is 0 Å². The Kier molecular flexibility index (Phi) is 2.98. The Bertz CT molecular complexity index is 393. The summed E-state index contributed by atoms with van der Waals surface area (Å²) in [6, 6.07) is 0. The van der Waals surface area contributed by atoms with Crippen molar-refractivity contribution in [3.05, 3.63) is 0 Å². The van der Waals surface area contributed by atoms with Crippen LogP contribution < -0.4 is 0 Å². The van der Waals surface area contributed by atoms with Crippen molar-refractivity contribution in [2.45, 2.75) is 45.8 Å². The number of amides is 1. The second-order valence-corrected chi connectivity index (χ2v) is 6.75. The average molecular weight is 251 g/mol. The van der Waals surface area contributed by atoms with Crippen molar-refractivity contribution in [3.63, 3.8) is 0 Å². The van der Waals surface area contributed by atoms with Crippen LogP contribution in [0, 0.1) is 0 Å². The molecule has 1 saturated heterocycles. The fraction of sp³-hybridized carbons (Fsp3) is 0.889. The summed E-state index contributed by atoms with van der Waals surface area (Å²) in [6.07, 6.45) is -0.905. The number of nitrogens with zero attached hydrogens (tertiary/aromatic N) is 1. The van der Waals surface area contributed by atoms with Crippen molar-refractivity contribution in [2.24, 2.45) is 0 Å². The molecule has 1 rings (SSSR count). The highest BCUT2D eigenvalue weighted by Gasteiger charge is 2.47. The standard InChI is InChI=1S/C9H17NO5S/c1-8(2,3)14-7(11)10-6-9(4,5)15-16(10,12)13/h6H2,1-5H3. The van der Waals surface area contributed by atoms with E-state index in [1.807, 2.05) is 0 Å². The predicted octanol–water partition coefficient (Wildman–Crippen LogP) is 1.28. The van der Waals surface area contributed by atoms with E-state index in [9.17, 15) is 13.2 Å². The van der Waals surface area contributed by atoms with Crippen molar-refractivity contribution in [1.29, 1.82) is 0 Å². The third kappa shape index (κ3) is 3.08. The monoisotopic (exact) mass is 251 g/mol. The Morgan fingerprint density at radius 1 is 1.38 bits per heavy atom. The fourth-order valence-corrected chi connectivity index (χ4v) is 2.65. The lowest BCUT2D eigenvalue weighted by atomic mass is 10.1. The number of carbonyl (C=O) groups is 1. The van der Waals surface area contributed by atoms with E-state index in [-0.39, 0.29) is 6.54 Å². The summed E-state index contributed by atoms with van der Waals surface area (Å²) in [6.45, 7) is 8.15. The molecule has 6 nitrogen and oxygen atoms in total. The second-order valence-electron chi connectivity index (χ2n) is 5.29. The van der Waals surface area contributed by atoms with Crippen LogP contribution in [0.1, 0.15) is 34.6 Å². The molecule has 1 fully saturated rings. The van der Waals surface area contributed by atoms with Gasteiger partial charge in [-0.25, -0.2) is 8.98 Å². The first kappa shape index (κ1) is 13.2. The third-order valence-electron chi connectivity index (χ3n) is 1.72. The lowest BCUT2D eigenvalue weighted by molar-refractivity contribution is 0.0379. The summed E-state index contributed by atoms with van der Waals surface area (Å²) >= 11 is 0. The number of hydrogen-bond acceptors (Lipinski definition) is 5. The van der Waals surface area contributed by atoms with E-state index >= 15 is 0 Å². The molecule has 16 heavy (non-hydrogen) atoms. The minimum absolute atomic E-state index is 0.0375. The molecule has 0 unspecified atom stereocenters. The van der Waals surface area contributed by atoms with Crippen LogP contribution in [-0.2, 0) is 19.2 Å². The Morgan fingerprint density at radius 3 is 2.19 bits per heavy atom. The van der Waals surface area contributed by atoms with Gasteiger partial charge in [-0.3, -0.25) is 0 Å².